The molecule has 0 unspecified atom stereocenters. The summed E-state index contributed by atoms with van der Waals surface area (Å²) in [5.74, 6) is -0.721. The van der Waals surface area contributed by atoms with Crippen LogP contribution in [0.25, 0.3) is 0 Å². The third kappa shape index (κ3) is 3.78. The van der Waals surface area contributed by atoms with E-state index in [1.54, 1.807) is 12.1 Å². The lowest BCUT2D eigenvalue weighted by molar-refractivity contribution is -0.137. The molecule has 0 atom stereocenters. The molecule has 0 aliphatic rings. The Bertz CT molecular complexity index is 693. The number of alkyl halides is 3. The minimum Gasteiger partial charge on any atom is -0.489 e. The molecule has 0 saturated heterocycles. The fourth-order valence-corrected chi connectivity index (χ4v) is 1.94. The minimum atomic E-state index is -4.39. The normalized spacial score (nSPS) is 11.3. The van der Waals surface area contributed by atoms with Gasteiger partial charge in [-0.15, -0.1) is 0 Å². The molecule has 2 aromatic rings. The minimum absolute atomic E-state index is 0.0767. The molecule has 1 N–H and O–H groups in total. The number of halogens is 3. The number of rotatable bonds is 4. The van der Waals surface area contributed by atoms with Gasteiger partial charge in [-0.3, -0.25) is 0 Å². The van der Waals surface area contributed by atoms with E-state index in [4.69, 9.17) is 9.84 Å². The van der Waals surface area contributed by atoms with Crippen molar-refractivity contribution in [3.8, 4) is 5.75 Å². The average Bonchev–Trinajstić information content (AvgIpc) is 2.45. The number of ether oxygens (including phenoxy) is 1. The smallest absolute Gasteiger partial charge is 0.416 e. The third-order valence-corrected chi connectivity index (χ3v) is 3.07. The zero-order valence-electron chi connectivity index (χ0n) is 11.6. The second kappa shape index (κ2) is 6.09. The largest absolute Gasteiger partial charge is 0.489 e. The van der Waals surface area contributed by atoms with Crippen LogP contribution in [0, 0.1) is 6.92 Å². The molecule has 2 aromatic carbocycles. The van der Waals surface area contributed by atoms with E-state index in [2.05, 4.69) is 0 Å². The van der Waals surface area contributed by atoms with Crippen molar-refractivity contribution in [2.24, 2.45) is 0 Å². The van der Waals surface area contributed by atoms with E-state index in [1.807, 2.05) is 0 Å². The molecular formula is C16H13F3O3. The topological polar surface area (TPSA) is 46.5 Å². The van der Waals surface area contributed by atoms with Crippen LogP contribution in [0.4, 0.5) is 13.2 Å². The highest BCUT2D eigenvalue weighted by Gasteiger charge is 2.30. The SMILES string of the molecule is Cc1cc(C(F)(F)F)ccc1OCc1cccc(C(=O)O)c1. The van der Waals surface area contributed by atoms with Crippen LogP contribution in [0.15, 0.2) is 42.5 Å². The zero-order valence-corrected chi connectivity index (χ0v) is 11.6. The fraction of sp³-hybridized carbons (Fsp3) is 0.188. The number of hydrogen-bond donors (Lipinski definition) is 1. The molecule has 0 amide bonds. The quantitative estimate of drug-likeness (QED) is 0.916. The van der Waals surface area contributed by atoms with Crippen molar-refractivity contribution in [2.45, 2.75) is 19.7 Å². The lowest BCUT2D eigenvalue weighted by Gasteiger charge is -2.12. The van der Waals surface area contributed by atoms with E-state index in [0.717, 1.165) is 12.1 Å². The van der Waals surface area contributed by atoms with Crippen LogP contribution in [0.1, 0.15) is 27.0 Å². The second-order valence-electron chi connectivity index (χ2n) is 4.77. The molecule has 0 aliphatic carbocycles. The van der Waals surface area contributed by atoms with Crippen LogP contribution in [-0.2, 0) is 12.8 Å². The summed E-state index contributed by atoms with van der Waals surface area (Å²) in [4.78, 5) is 10.9. The van der Waals surface area contributed by atoms with Gasteiger partial charge >= 0.3 is 12.1 Å². The molecule has 3 nitrogen and oxygen atoms in total. The molecule has 0 saturated carbocycles. The summed E-state index contributed by atoms with van der Waals surface area (Å²) in [6.07, 6.45) is -4.39. The van der Waals surface area contributed by atoms with Gasteiger partial charge in [-0.2, -0.15) is 13.2 Å². The Morgan fingerprint density at radius 3 is 2.50 bits per heavy atom. The van der Waals surface area contributed by atoms with Crippen molar-refractivity contribution in [1.82, 2.24) is 0 Å². The number of carboxylic acid groups (broad SMARTS) is 1. The van der Waals surface area contributed by atoms with Gasteiger partial charge in [-0.05, 0) is 48.4 Å². The Kier molecular flexibility index (Phi) is 4.40. The molecular weight excluding hydrogens is 297 g/mol. The summed E-state index contributed by atoms with van der Waals surface area (Å²) in [6, 6.07) is 9.42. The van der Waals surface area contributed by atoms with Crippen molar-refractivity contribution in [3.05, 3.63) is 64.7 Å². The number of aryl methyl sites for hydroxylation is 1. The predicted octanol–water partition coefficient (Wildman–Crippen LogP) is 4.29. The molecule has 0 aromatic heterocycles. The maximum Gasteiger partial charge on any atom is 0.416 e. The maximum atomic E-state index is 12.6. The standard InChI is InChI=1S/C16H13F3O3/c1-10-7-13(16(17,18)19)5-6-14(10)22-9-11-3-2-4-12(8-11)15(20)21/h2-8H,9H2,1H3,(H,20,21). The van der Waals surface area contributed by atoms with Crippen LogP contribution >= 0.6 is 0 Å². The number of benzene rings is 2. The van der Waals surface area contributed by atoms with Crippen LogP contribution < -0.4 is 4.74 Å². The summed E-state index contributed by atoms with van der Waals surface area (Å²) in [7, 11) is 0. The maximum absolute atomic E-state index is 12.6. The van der Waals surface area contributed by atoms with Gasteiger partial charge in [0.05, 0.1) is 11.1 Å². The summed E-state index contributed by atoms with van der Waals surface area (Å²) in [6.45, 7) is 1.60. The van der Waals surface area contributed by atoms with Gasteiger partial charge in [0.25, 0.3) is 0 Å². The average molecular weight is 310 g/mol. The van der Waals surface area contributed by atoms with Crippen molar-refractivity contribution in [2.75, 3.05) is 0 Å². The van der Waals surface area contributed by atoms with E-state index in [0.29, 0.717) is 16.9 Å². The van der Waals surface area contributed by atoms with Crippen molar-refractivity contribution in [1.29, 1.82) is 0 Å². The molecule has 0 radical (unpaired) electrons. The van der Waals surface area contributed by atoms with Crippen LogP contribution in [0.2, 0.25) is 0 Å². The van der Waals surface area contributed by atoms with Crippen molar-refractivity contribution in [3.63, 3.8) is 0 Å². The van der Waals surface area contributed by atoms with E-state index in [-0.39, 0.29) is 12.2 Å². The predicted molar refractivity (Wildman–Crippen MR) is 73.9 cm³/mol. The molecule has 0 aliphatic heterocycles. The molecule has 0 bridgehead atoms. The highest BCUT2D eigenvalue weighted by molar-refractivity contribution is 5.87. The van der Waals surface area contributed by atoms with Gasteiger partial charge in [0.2, 0.25) is 0 Å². The number of carboxylic acids is 1. The first-order valence-electron chi connectivity index (χ1n) is 6.40. The Morgan fingerprint density at radius 2 is 1.91 bits per heavy atom. The molecule has 2 rings (SSSR count). The highest BCUT2D eigenvalue weighted by Crippen LogP contribution is 2.32. The van der Waals surface area contributed by atoms with E-state index < -0.39 is 17.7 Å². The van der Waals surface area contributed by atoms with Crippen LogP contribution in [-0.4, -0.2) is 11.1 Å². The fourth-order valence-electron chi connectivity index (χ4n) is 1.94. The number of hydrogen-bond acceptors (Lipinski definition) is 2. The van der Waals surface area contributed by atoms with Crippen LogP contribution in [0.5, 0.6) is 5.75 Å². The van der Waals surface area contributed by atoms with E-state index in [9.17, 15) is 18.0 Å². The Labute approximate surface area is 125 Å². The van der Waals surface area contributed by atoms with E-state index >= 15 is 0 Å². The highest BCUT2D eigenvalue weighted by atomic mass is 19.4. The van der Waals surface area contributed by atoms with Gasteiger partial charge in [0.1, 0.15) is 12.4 Å². The number of aromatic carboxylic acids is 1. The van der Waals surface area contributed by atoms with Crippen LogP contribution in [0.3, 0.4) is 0 Å². The monoisotopic (exact) mass is 310 g/mol. The van der Waals surface area contributed by atoms with E-state index in [1.165, 1.54) is 25.1 Å². The summed E-state index contributed by atoms with van der Waals surface area (Å²) in [5.41, 5.74) is 0.388. The van der Waals surface area contributed by atoms with Gasteiger partial charge in [-0.1, -0.05) is 12.1 Å². The van der Waals surface area contributed by atoms with Gasteiger partial charge in [-0.25, -0.2) is 4.79 Å². The number of carbonyl (C=O) groups is 1. The van der Waals surface area contributed by atoms with Gasteiger partial charge in [0, 0.05) is 0 Å². The summed E-state index contributed by atoms with van der Waals surface area (Å²) < 4.78 is 43.2. The molecule has 6 heteroatoms. The zero-order chi connectivity index (χ0) is 16.3. The van der Waals surface area contributed by atoms with Gasteiger partial charge < -0.3 is 9.84 Å². The first kappa shape index (κ1) is 15.9. The van der Waals surface area contributed by atoms with Crippen molar-refractivity contribution < 1.29 is 27.8 Å². The molecule has 22 heavy (non-hydrogen) atoms. The molecule has 0 spiro atoms. The Balaban J connectivity index is 2.12. The summed E-state index contributed by atoms with van der Waals surface area (Å²) >= 11 is 0. The first-order chi connectivity index (χ1) is 10.3. The van der Waals surface area contributed by atoms with Gasteiger partial charge in [0.15, 0.2) is 0 Å². The molecule has 0 fully saturated rings. The lowest BCUT2D eigenvalue weighted by atomic mass is 10.1. The van der Waals surface area contributed by atoms with Crippen molar-refractivity contribution >= 4 is 5.97 Å². The molecule has 116 valence electrons. The second-order valence-corrected chi connectivity index (χ2v) is 4.77. The lowest BCUT2D eigenvalue weighted by Crippen LogP contribution is -2.06. The Morgan fingerprint density at radius 1 is 1.18 bits per heavy atom. The Hall–Kier alpha value is -2.50. The molecule has 0 heterocycles. The first-order valence-corrected chi connectivity index (χ1v) is 6.40. The third-order valence-electron chi connectivity index (χ3n) is 3.07. The summed E-state index contributed by atoms with van der Waals surface area (Å²) in [5, 5.41) is 8.90.